The fraction of sp³-hybridized carbons (Fsp3) is 1.00. The van der Waals surface area contributed by atoms with Crippen molar-refractivity contribution in [3.8, 4) is 0 Å². The molecule has 0 saturated carbocycles. The van der Waals surface area contributed by atoms with Gasteiger partial charge in [-0.15, -0.1) is 12.6 Å². The Kier molecular flexibility index (Phi) is 3.46. The Balaban J connectivity index is 3.15. The minimum Gasteiger partial charge on any atom is -0.141 e. The standard InChI is InChI=1S/C4H8Cl2S/c1-2-3-4(5,6)7/h7H,2-3H2,1H3. The summed E-state index contributed by atoms with van der Waals surface area (Å²) >= 11 is 14.8. The smallest absolute Gasteiger partial charge is 0.141 e. The molecule has 0 fully saturated rings. The van der Waals surface area contributed by atoms with E-state index in [0.717, 1.165) is 12.8 Å². The first-order chi connectivity index (χ1) is 3.06. The fourth-order valence-corrected chi connectivity index (χ4v) is 0.902. The summed E-state index contributed by atoms with van der Waals surface area (Å²) in [5.41, 5.74) is 0. The van der Waals surface area contributed by atoms with Gasteiger partial charge in [0.15, 0.2) is 3.67 Å². The van der Waals surface area contributed by atoms with Crippen LogP contribution in [0.4, 0.5) is 0 Å². The van der Waals surface area contributed by atoms with Crippen LogP contribution in [0, 0.1) is 0 Å². The third kappa shape index (κ3) is 6.93. The van der Waals surface area contributed by atoms with Gasteiger partial charge in [0.1, 0.15) is 0 Å². The lowest BCUT2D eigenvalue weighted by Gasteiger charge is -2.07. The second kappa shape index (κ2) is 3.06. The summed E-state index contributed by atoms with van der Waals surface area (Å²) < 4.78 is -0.811. The molecular formula is C4H8Cl2S. The van der Waals surface area contributed by atoms with Crippen LogP contribution in [0.1, 0.15) is 19.8 Å². The Bertz CT molecular complexity index is 48.1. The molecule has 0 bridgehead atoms. The van der Waals surface area contributed by atoms with Gasteiger partial charge in [-0.2, -0.15) is 0 Å². The van der Waals surface area contributed by atoms with E-state index < -0.39 is 3.67 Å². The van der Waals surface area contributed by atoms with Gasteiger partial charge in [-0.1, -0.05) is 36.5 Å². The molecule has 0 heterocycles. The van der Waals surface area contributed by atoms with Crippen LogP contribution in [0.25, 0.3) is 0 Å². The summed E-state index contributed by atoms with van der Waals surface area (Å²) in [7, 11) is 0. The molecule has 0 saturated heterocycles. The summed E-state index contributed by atoms with van der Waals surface area (Å²) in [6, 6.07) is 0. The molecule has 7 heavy (non-hydrogen) atoms. The topological polar surface area (TPSA) is 0 Å². The molecule has 0 N–H and O–H groups in total. The highest BCUT2D eigenvalue weighted by Crippen LogP contribution is 2.30. The van der Waals surface area contributed by atoms with Crippen molar-refractivity contribution in [3.05, 3.63) is 0 Å². The van der Waals surface area contributed by atoms with Gasteiger partial charge < -0.3 is 0 Å². The van der Waals surface area contributed by atoms with Crippen LogP contribution in [0.15, 0.2) is 0 Å². The highest BCUT2D eigenvalue weighted by atomic mass is 35.5. The minimum atomic E-state index is -0.811. The van der Waals surface area contributed by atoms with Crippen LogP contribution < -0.4 is 0 Å². The lowest BCUT2D eigenvalue weighted by molar-refractivity contribution is 0.833. The summed E-state index contributed by atoms with van der Waals surface area (Å²) in [6.07, 6.45) is 1.70. The van der Waals surface area contributed by atoms with Gasteiger partial charge in [-0.3, -0.25) is 0 Å². The Labute approximate surface area is 59.6 Å². The van der Waals surface area contributed by atoms with Gasteiger partial charge in [0.05, 0.1) is 0 Å². The molecule has 0 nitrogen and oxygen atoms in total. The van der Waals surface area contributed by atoms with E-state index in [1.165, 1.54) is 0 Å². The van der Waals surface area contributed by atoms with Gasteiger partial charge in [0, 0.05) is 0 Å². The number of alkyl halides is 2. The summed E-state index contributed by atoms with van der Waals surface area (Å²) in [4.78, 5) is 0. The first-order valence-corrected chi connectivity index (χ1v) is 3.37. The van der Waals surface area contributed by atoms with Gasteiger partial charge in [0.25, 0.3) is 0 Å². The first-order valence-electron chi connectivity index (χ1n) is 2.16. The van der Waals surface area contributed by atoms with E-state index in [0.29, 0.717) is 0 Å². The van der Waals surface area contributed by atoms with Gasteiger partial charge in [-0.05, 0) is 6.42 Å². The van der Waals surface area contributed by atoms with Gasteiger partial charge in [0.2, 0.25) is 0 Å². The van der Waals surface area contributed by atoms with E-state index in [9.17, 15) is 0 Å². The van der Waals surface area contributed by atoms with E-state index in [4.69, 9.17) is 23.2 Å². The molecule has 0 aliphatic rings. The average Bonchev–Trinajstić information content (AvgIpc) is 1.30. The van der Waals surface area contributed by atoms with Crippen molar-refractivity contribution >= 4 is 35.8 Å². The molecule has 0 aliphatic heterocycles. The largest absolute Gasteiger partial charge is 0.160 e. The van der Waals surface area contributed by atoms with E-state index in [2.05, 4.69) is 12.6 Å². The maximum Gasteiger partial charge on any atom is 0.160 e. The predicted molar refractivity (Wildman–Crippen MR) is 38.3 cm³/mol. The molecule has 3 heteroatoms. The number of rotatable bonds is 2. The molecule has 0 unspecified atom stereocenters. The summed E-state index contributed by atoms with van der Waals surface area (Å²) in [6.45, 7) is 2.01. The maximum atomic E-state index is 5.46. The van der Waals surface area contributed by atoms with Crippen molar-refractivity contribution < 1.29 is 0 Å². The van der Waals surface area contributed by atoms with Crippen molar-refractivity contribution in [1.82, 2.24) is 0 Å². The highest BCUT2D eigenvalue weighted by molar-refractivity contribution is 7.85. The van der Waals surface area contributed by atoms with Crippen LogP contribution in [-0.4, -0.2) is 3.67 Å². The quantitative estimate of drug-likeness (QED) is 0.464. The highest BCUT2D eigenvalue weighted by Gasteiger charge is 2.14. The molecule has 0 aromatic heterocycles. The minimum absolute atomic E-state index is 0.735. The average molecular weight is 159 g/mol. The lowest BCUT2D eigenvalue weighted by atomic mass is 10.4. The number of hydrogen-bond donors (Lipinski definition) is 1. The van der Waals surface area contributed by atoms with E-state index in [-0.39, 0.29) is 0 Å². The van der Waals surface area contributed by atoms with E-state index in [1.807, 2.05) is 6.92 Å². The van der Waals surface area contributed by atoms with Crippen LogP contribution >= 0.6 is 35.8 Å². The Morgan fingerprint density at radius 2 is 2.00 bits per heavy atom. The molecular weight excluding hydrogens is 151 g/mol. The third-order valence-corrected chi connectivity index (χ3v) is 1.15. The second-order valence-electron chi connectivity index (χ2n) is 1.42. The monoisotopic (exact) mass is 158 g/mol. The van der Waals surface area contributed by atoms with Crippen LogP contribution in [0.3, 0.4) is 0 Å². The van der Waals surface area contributed by atoms with E-state index >= 15 is 0 Å². The summed E-state index contributed by atoms with van der Waals surface area (Å²) in [5, 5.41) is 0. The zero-order chi connectivity index (χ0) is 5.91. The number of thiol groups is 1. The van der Waals surface area contributed by atoms with Crippen molar-refractivity contribution in [2.24, 2.45) is 0 Å². The molecule has 0 rings (SSSR count). The number of hydrogen-bond acceptors (Lipinski definition) is 1. The SMILES string of the molecule is CCCC(S)(Cl)Cl. The number of halogens is 2. The molecule has 0 spiro atoms. The Morgan fingerprint density at radius 1 is 1.57 bits per heavy atom. The lowest BCUT2D eigenvalue weighted by Crippen LogP contribution is -1.99. The third-order valence-electron chi connectivity index (χ3n) is 0.551. The predicted octanol–water partition coefficient (Wildman–Crippen LogP) is 2.85. The molecule has 0 radical (unpaired) electrons. The van der Waals surface area contributed by atoms with E-state index in [1.54, 1.807) is 0 Å². The zero-order valence-corrected chi connectivity index (χ0v) is 6.52. The van der Waals surface area contributed by atoms with Gasteiger partial charge in [-0.25, -0.2) is 0 Å². The normalized spacial score (nSPS) is 12.0. The maximum absolute atomic E-state index is 5.46. The zero-order valence-electron chi connectivity index (χ0n) is 4.12. The van der Waals surface area contributed by atoms with Crippen LogP contribution in [-0.2, 0) is 0 Å². The van der Waals surface area contributed by atoms with Crippen molar-refractivity contribution in [2.75, 3.05) is 0 Å². The molecule has 0 amide bonds. The van der Waals surface area contributed by atoms with Crippen molar-refractivity contribution in [3.63, 3.8) is 0 Å². The molecule has 0 aromatic carbocycles. The van der Waals surface area contributed by atoms with Crippen molar-refractivity contribution in [1.29, 1.82) is 0 Å². The van der Waals surface area contributed by atoms with Crippen LogP contribution in [0.2, 0.25) is 0 Å². The molecule has 0 aromatic rings. The molecule has 44 valence electrons. The Morgan fingerprint density at radius 3 is 2.00 bits per heavy atom. The van der Waals surface area contributed by atoms with Crippen LogP contribution in [0.5, 0.6) is 0 Å². The fourth-order valence-electron chi connectivity index (χ4n) is 0.301. The Hall–Kier alpha value is 0.930. The molecule has 0 aliphatic carbocycles. The van der Waals surface area contributed by atoms with Gasteiger partial charge >= 0.3 is 0 Å². The second-order valence-corrected chi connectivity index (χ2v) is 4.19. The van der Waals surface area contributed by atoms with Crippen molar-refractivity contribution in [2.45, 2.75) is 23.4 Å². The molecule has 0 atom stereocenters. The first kappa shape index (κ1) is 7.93. The summed E-state index contributed by atoms with van der Waals surface area (Å²) in [5.74, 6) is 0.